The van der Waals surface area contributed by atoms with Gasteiger partial charge in [0.2, 0.25) is 21.8 Å². The van der Waals surface area contributed by atoms with E-state index in [2.05, 4.69) is 5.32 Å². The molecular formula is C23H29F2N3O4S. The summed E-state index contributed by atoms with van der Waals surface area (Å²) in [6, 6.07) is 11.3. The van der Waals surface area contributed by atoms with Gasteiger partial charge in [0, 0.05) is 32.1 Å². The lowest BCUT2D eigenvalue weighted by molar-refractivity contribution is -0.140. The Hall–Kier alpha value is -3.01. The van der Waals surface area contributed by atoms with Crippen molar-refractivity contribution in [3.63, 3.8) is 0 Å². The van der Waals surface area contributed by atoms with E-state index >= 15 is 0 Å². The topological polar surface area (TPSA) is 86.8 Å². The van der Waals surface area contributed by atoms with Crippen LogP contribution in [0.1, 0.15) is 32.3 Å². The van der Waals surface area contributed by atoms with E-state index < -0.39 is 27.7 Å². The molecule has 0 heterocycles. The van der Waals surface area contributed by atoms with Crippen molar-refractivity contribution in [3.05, 3.63) is 65.7 Å². The summed E-state index contributed by atoms with van der Waals surface area (Å²) < 4.78 is 52.2. The summed E-state index contributed by atoms with van der Waals surface area (Å²) in [5, 5.41) is 2.71. The molecule has 0 aliphatic carbocycles. The maximum Gasteiger partial charge on any atom is 0.242 e. The predicted molar refractivity (Wildman–Crippen MR) is 123 cm³/mol. The number of hydrogen-bond acceptors (Lipinski definition) is 4. The number of sulfonamides is 1. The van der Waals surface area contributed by atoms with Gasteiger partial charge in [0.05, 0.1) is 11.9 Å². The van der Waals surface area contributed by atoms with E-state index in [1.165, 1.54) is 11.0 Å². The van der Waals surface area contributed by atoms with Gasteiger partial charge >= 0.3 is 0 Å². The summed E-state index contributed by atoms with van der Waals surface area (Å²) in [4.78, 5) is 26.9. The molecule has 1 unspecified atom stereocenters. The van der Waals surface area contributed by atoms with Crippen LogP contribution in [-0.2, 0) is 26.2 Å². The van der Waals surface area contributed by atoms with Gasteiger partial charge in [-0.05, 0) is 38.0 Å². The highest BCUT2D eigenvalue weighted by Gasteiger charge is 2.26. The highest BCUT2D eigenvalue weighted by Crippen LogP contribution is 2.21. The molecule has 0 saturated heterocycles. The molecule has 2 amide bonds. The van der Waals surface area contributed by atoms with Gasteiger partial charge in [-0.25, -0.2) is 17.2 Å². The Labute approximate surface area is 193 Å². The Kier molecular flexibility index (Phi) is 9.33. The fourth-order valence-corrected chi connectivity index (χ4v) is 4.29. The number of nitrogens with zero attached hydrogens (tertiary/aromatic N) is 2. The van der Waals surface area contributed by atoms with Gasteiger partial charge < -0.3 is 10.2 Å². The first-order chi connectivity index (χ1) is 15.5. The number of rotatable bonds is 11. The van der Waals surface area contributed by atoms with Crippen LogP contribution in [0.5, 0.6) is 0 Å². The number of nitrogens with one attached hydrogen (secondary N) is 1. The minimum atomic E-state index is -3.80. The highest BCUT2D eigenvalue weighted by atomic mass is 32.2. The fraction of sp³-hybridized carbons (Fsp3) is 0.391. The van der Waals surface area contributed by atoms with E-state index in [0.717, 1.165) is 28.3 Å². The number of carbonyl (C=O) groups excluding carboxylic acids is 2. The Bertz CT molecular complexity index is 1060. The van der Waals surface area contributed by atoms with Crippen molar-refractivity contribution in [2.75, 3.05) is 23.7 Å². The molecular weight excluding hydrogens is 452 g/mol. The zero-order chi connectivity index (χ0) is 24.6. The molecule has 2 aromatic rings. The summed E-state index contributed by atoms with van der Waals surface area (Å²) in [5.74, 6) is -2.86. The van der Waals surface area contributed by atoms with Crippen molar-refractivity contribution in [1.82, 2.24) is 10.2 Å². The Balaban J connectivity index is 2.14. The Morgan fingerprint density at radius 3 is 2.30 bits per heavy atom. The van der Waals surface area contributed by atoms with Gasteiger partial charge in [0.15, 0.2) is 11.6 Å². The third-order valence-electron chi connectivity index (χ3n) is 5.06. The summed E-state index contributed by atoms with van der Waals surface area (Å²) in [6.07, 6.45) is 1.04. The number of halogens is 2. The molecule has 2 aromatic carbocycles. The zero-order valence-corrected chi connectivity index (χ0v) is 19.7. The van der Waals surface area contributed by atoms with Crippen LogP contribution in [0.25, 0.3) is 0 Å². The predicted octanol–water partition coefficient (Wildman–Crippen LogP) is 3.06. The van der Waals surface area contributed by atoms with Crippen LogP contribution in [0.3, 0.4) is 0 Å². The smallest absolute Gasteiger partial charge is 0.242 e. The van der Waals surface area contributed by atoms with Crippen LogP contribution in [0.4, 0.5) is 14.5 Å². The molecule has 0 bridgehead atoms. The molecule has 33 heavy (non-hydrogen) atoms. The first kappa shape index (κ1) is 26.2. The number of anilines is 1. The van der Waals surface area contributed by atoms with E-state index in [1.54, 1.807) is 13.8 Å². The van der Waals surface area contributed by atoms with E-state index in [4.69, 9.17) is 0 Å². The van der Waals surface area contributed by atoms with Crippen molar-refractivity contribution in [1.29, 1.82) is 0 Å². The normalized spacial score (nSPS) is 12.2. The highest BCUT2D eigenvalue weighted by molar-refractivity contribution is 7.92. The lowest BCUT2D eigenvalue weighted by atomic mass is 10.1. The lowest BCUT2D eigenvalue weighted by Crippen LogP contribution is -2.47. The first-order valence-corrected chi connectivity index (χ1v) is 12.4. The molecule has 1 atom stereocenters. The Morgan fingerprint density at radius 2 is 1.73 bits per heavy atom. The zero-order valence-electron chi connectivity index (χ0n) is 18.9. The third kappa shape index (κ3) is 7.52. The second-order valence-corrected chi connectivity index (χ2v) is 9.52. The molecule has 0 fully saturated rings. The van der Waals surface area contributed by atoms with E-state index in [-0.39, 0.29) is 43.4 Å². The molecule has 0 spiro atoms. The minimum Gasteiger partial charge on any atom is -0.355 e. The van der Waals surface area contributed by atoms with Crippen LogP contribution >= 0.6 is 0 Å². The molecule has 0 saturated carbocycles. The number of benzene rings is 2. The van der Waals surface area contributed by atoms with Crippen LogP contribution in [0, 0.1) is 11.6 Å². The average molecular weight is 482 g/mol. The maximum atomic E-state index is 13.6. The van der Waals surface area contributed by atoms with Crippen LogP contribution in [0.2, 0.25) is 0 Å². The van der Waals surface area contributed by atoms with Crippen molar-refractivity contribution in [3.8, 4) is 0 Å². The molecule has 0 aliphatic rings. The molecule has 0 radical (unpaired) electrons. The number of amides is 2. The Morgan fingerprint density at radius 1 is 1.06 bits per heavy atom. The molecule has 10 heteroatoms. The molecule has 7 nitrogen and oxygen atoms in total. The van der Waals surface area contributed by atoms with Crippen LogP contribution < -0.4 is 9.62 Å². The van der Waals surface area contributed by atoms with Crippen LogP contribution in [0.15, 0.2) is 48.5 Å². The number of hydrogen-bond donors (Lipinski definition) is 1. The van der Waals surface area contributed by atoms with Gasteiger partial charge in [-0.2, -0.15) is 0 Å². The number of likely N-dealkylation sites (N-methyl/N-ethyl adjacent to an activating group) is 1. The van der Waals surface area contributed by atoms with Crippen LogP contribution in [-0.4, -0.2) is 50.5 Å². The molecule has 1 N–H and O–H groups in total. The second-order valence-electron chi connectivity index (χ2n) is 7.61. The standard InChI is InChI=1S/C23H29F2N3O4S/c1-4-26-23(30)17(2)27(16-18-9-6-5-7-10-18)22(29)11-8-14-28(33(3,31)32)19-12-13-20(24)21(25)15-19/h5-7,9-10,12-13,15,17H,4,8,11,14,16H2,1-3H3,(H,26,30). The molecule has 2 rings (SSSR count). The largest absolute Gasteiger partial charge is 0.355 e. The average Bonchev–Trinajstić information content (AvgIpc) is 2.76. The number of carbonyl (C=O) groups is 2. The maximum absolute atomic E-state index is 13.6. The minimum absolute atomic E-state index is 0.0271. The van der Waals surface area contributed by atoms with Crippen molar-refractivity contribution in [2.45, 2.75) is 39.3 Å². The molecule has 0 aliphatic heterocycles. The SMILES string of the molecule is CCNC(=O)C(C)N(Cc1ccccc1)C(=O)CCCN(c1ccc(F)c(F)c1)S(C)(=O)=O. The lowest BCUT2D eigenvalue weighted by Gasteiger charge is -2.29. The summed E-state index contributed by atoms with van der Waals surface area (Å²) in [7, 11) is -3.80. The first-order valence-electron chi connectivity index (χ1n) is 10.6. The third-order valence-corrected chi connectivity index (χ3v) is 6.25. The van der Waals surface area contributed by atoms with Gasteiger partial charge in [-0.1, -0.05) is 30.3 Å². The summed E-state index contributed by atoms with van der Waals surface area (Å²) >= 11 is 0. The van der Waals surface area contributed by atoms with E-state index in [1.807, 2.05) is 30.3 Å². The van der Waals surface area contributed by atoms with Gasteiger partial charge in [0.25, 0.3) is 0 Å². The van der Waals surface area contributed by atoms with Gasteiger partial charge in [-0.3, -0.25) is 13.9 Å². The summed E-state index contributed by atoms with van der Waals surface area (Å²) in [5.41, 5.74) is 0.822. The van der Waals surface area contributed by atoms with Gasteiger partial charge in [0.1, 0.15) is 6.04 Å². The van der Waals surface area contributed by atoms with Crippen molar-refractivity contribution >= 4 is 27.5 Å². The monoisotopic (exact) mass is 481 g/mol. The van der Waals surface area contributed by atoms with E-state index in [0.29, 0.717) is 6.54 Å². The molecule has 180 valence electrons. The fourth-order valence-electron chi connectivity index (χ4n) is 3.33. The van der Waals surface area contributed by atoms with Crippen molar-refractivity contribution < 1.29 is 26.8 Å². The van der Waals surface area contributed by atoms with Gasteiger partial charge in [-0.15, -0.1) is 0 Å². The van der Waals surface area contributed by atoms with E-state index in [9.17, 15) is 26.8 Å². The van der Waals surface area contributed by atoms with Crippen molar-refractivity contribution in [2.24, 2.45) is 0 Å². The summed E-state index contributed by atoms with van der Waals surface area (Å²) in [6.45, 7) is 3.96. The molecule has 0 aromatic heterocycles. The quantitative estimate of drug-likeness (QED) is 0.535. The second kappa shape index (κ2) is 11.7.